The number of hydrogen-bond donors (Lipinski definition) is 2. The van der Waals surface area contributed by atoms with E-state index in [4.69, 9.17) is 5.73 Å². The molecule has 1 aliphatic heterocycles. The van der Waals surface area contributed by atoms with Crippen molar-refractivity contribution in [3.05, 3.63) is 6.54 Å². The number of nitrogens with two attached hydrogens (primary N) is 1. The molecule has 1 atom stereocenters. The van der Waals surface area contributed by atoms with Crippen molar-refractivity contribution in [2.24, 2.45) is 10.7 Å². The first-order valence-electron chi connectivity index (χ1n) is 2.15. The van der Waals surface area contributed by atoms with Gasteiger partial charge in [-0.15, -0.1) is 0 Å². The summed E-state index contributed by atoms with van der Waals surface area (Å²) < 4.78 is 0. The monoisotopic (exact) mass is 97.1 g/mol. The Labute approximate surface area is 42.6 Å². The average molecular weight is 97.1 g/mol. The number of nitrogens with one attached hydrogen (secondary N) is 1. The van der Waals surface area contributed by atoms with Crippen LogP contribution in [0.15, 0.2) is 4.99 Å². The molecule has 0 amide bonds. The van der Waals surface area contributed by atoms with Crippen LogP contribution < -0.4 is 11.1 Å². The Morgan fingerprint density at radius 3 is 3.14 bits per heavy atom. The van der Waals surface area contributed by atoms with Crippen molar-refractivity contribution in [2.45, 2.75) is 12.7 Å². The zero-order valence-corrected chi connectivity index (χ0v) is 3.89. The minimum atomic E-state index is -0.256. The van der Waals surface area contributed by atoms with E-state index in [9.17, 15) is 0 Å². The maximum atomic E-state index is 5.26. The van der Waals surface area contributed by atoms with E-state index >= 15 is 0 Å². The third-order valence-electron chi connectivity index (χ3n) is 0.709. The van der Waals surface area contributed by atoms with Crippen LogP contribution in [-0.4, -0.2) is 12.5 Å². The van der Waals surface area contributed by atoms with Crippen molar-refractivity contribution in [3.63, 3.8) is 0 Å². The molecule has 1 aliphatic rings. The normalized spacial score (nSPS) is 30.7. The second-order valence-electron chi connectivity index (χ2n) is 1.30. The van der Waals surface area contributed by atoms with Gasteiger partial charge in [0.15, 0.2) is 6.29 Å². The standard InChI is InChI=1S/C4H7N3/c5-4-6-2-1-3-7-4/h2,4,7H,1,5H2. The molecule has 1 heterocycles. The Balaban J connectivity index is 2.36. The predicted octanol–water partition coefficient (Wildman–Crippen LogP) is -0.668. The fourth-order valence-electron chi connectivity index (χ4n) is 0.413. The Morgan fingerprint density at radius 1 is 2.00 bits per heavy atom. The summed E-state index contributed by atoms with van der Waals surface area (Å²) in [4.78, 5) is 3.81. The van der Waals surface area contributed by atoms with Crippen molar-refractivity contribution < 1.29 is 0 Å². The number of hydrogen-bond acceptors (Lipinski definition) is 3. The SMILES string of the molecule is NC1N=CC[C]N1. The maximum absolute atomic E-state index is 5.26. The molecule has 0 aromatic carbocycles. The van der Waals surface area contributed by atoms with Crippen molar-refractivity contribution in [3.8, 4) is 0 Å². The molecule has 0 saturated heterocycles. The first-order valence-corrected chi connectivity index (χ1v) is 2.15. The van der Waals surface area contributed by atoms with E-state index in [-0.39, 0.29) is 6.29 Å². The van der Waals surface area contributed by atoms with Crippen molar-refractivity contribution in [2.75, 3.05) is 0 Å². The van der Waals surface area contributed by atoms with Gasteiger partial charge in [0.05, 0.1) is 6.54 Å². The van der Waals surface area contributed by atoms with Crippen LogP contribution in [0.5, 0.6) is 0 Å². The van der Waals surface area contributed by atoms with Crippen LogP contribution in [-0.2, 0) is 0 Å². The van der Waals surface area contributed by atoms with Gasteiger partial charge in [0.25, 0.3) is 0 Å². The van der Waals surface area contributed by atoms with E-state index < -0.39 is 0 Å². The Morgan fingerprint density at radius 2 is 2.86 bits per heavy atom. The summed E-state index contributed by atoms with van der Waals surface area (Å²) >= 11 is 0. The van der Waals surface area contributed by atoms with E-state index in [0.717, 1.165) is 6.42 Å². The molecular weight excluding hydrogens is 90.1 g/mol. The lowest BCUT2D eigenvalue weighted by atomic mass is 10.4. The van der Waals surface area contributed by atoms with Gasteiger partial charge in [-0.05, 0) is 0 Å². The average Bonchev–Trinajstić information content (AvgIpc) is 1.69. The second kappa shape index (κ2) is 2.04. The lowest BCUT2D eigenvalue weighted by Crippen LogP contribution is -2.36. The van der Waals surface area contributed by atoms with Gasteiger partial charge in [0.1, 0.15) is 0 Å². The maximum Gasteiger partial charge on any atom is 0.151 e. The van der Waals surface area contributed by atoms with Crippen molar-refractivity contribution >= 4 is 6.21 Å². The van der Waals surface area contributed by atoms with Gasteiger partial charge in [0.2, 0.25) is 0 Å². The third-order valence-corrected chi connectivity index (χ3v) is 0.709. The lowest BCUT2D eigenvalue weighted by molar-refractivity contribution is 0.589. The largest absolute Gasteiger partial charge is 0.297 e. The van der Waals surface area contributed by atoms with Crippen molar-refractivity contribution in [1.29, 1.82) is 0 Å². The van der Waals surface area contributed by atoms with Crippen LogP contribution in [0.4, 0.5) is 0 Å². The van der Waals surface area contributed by atoms with Crippen LogP contribution >= 0.6 is 0 Å². The summed E-state index contributed by atoms with van der Waals surface area (Å²) in [6.07, 6.45) is 2.24. The lowest BCUT2D eigenvalue weighted by Gasteiger charge is -2.09. The van der Waals surface area contributed by atoms with E-state index in [1.807, 2.05) is 0 Å². The summed E-state index contributed by atoms with van der Waals surface area (Å²) in [5.41, 5.74) is 5.26. The summed E-state index contributed by atoms with van der Waals surface area (Å²) in [6.45, 7) is 2.81. The van der Waals surface area contributed by atoms with Gasteiger partial charge >= 0.3 is 0 Å². The predicted molar refractivity (Wildman–Crippen MR) is 27.5 cm³/mol. The van der Waals surface area contributed by atoms with Crippen LogP contribution in [0.2, 0.25) is 0 Å². The highest BCUT2D eigenvalue weighted by Crippen LogP contribution is 1.87. The molecule has 0 aromatic rings. The summed E-state index contributed by atoms with van der Waals surface area (Å²) in [5.74, 6) is 0. The first kappa shape index (κ1) is 4.74. The van der Waals surface area contributed by atoms with Crippen LogP contribution in [0.1, 0.15) is 6.42 Å². The van der Waals surface area contributed by atoms with Gasteiger partial charge in [-0.3, -0.25) is 16.0 Å². The third kappa shape index (κ3) is 1.25. The molecular formula is C4H7N3. The van der Waals surface area contributed by atoms with E-state index in [0.29, 0.717) is 0 Å². The molecule has 0 aliphatic carbocycles. The smallest absolute Gasteiger partial charge is 0.151 e. The van der Waals surface area contributed by atoms with Gasteiger partial charge < -0.3 is 0 Å². The molecule has 0 spiro atoms. The van der Waals surface area contributed by atoms with E-state index in [2.05, 4.69) is 16.9 Å². The second-order valence-corrected chi connectivity index (χ2v) is 1.30. The van der Waals surface area contributed by atoms with Gasteiger partial charge in [0, 0.05) is 12.6 Å². The Hall–Kier alpha value is -0.410. The highest BCUT2D eigenvalue weighted by atomic mass is 15.2. The molecule has 0 bridgehead atoms. The fourth-order valence-corrected chi connectivity index (χ4v) is 0.413. The first-order chi connectivity index (χ1) is 3.39. The Bertz CT molecular complexity index is 79.0. The fraction of sp³-hybridized carbons (Fsp3) is 0.500. The molecule has 1 rings (SSSR count). The molecule has 0 aromatic heterocycles. The quantitative estimate of drug-likeness (QED) is 0.421. The molecule has 3 N–H and O–H groups in total. The topological polar surface area (TPSA) is 50.4 Å². The van der Waals surface area contributed by atoms with Crippen molar-refractivity contribution in [1.82, 2.24) is 5.32 Å². The van der Waals surface area contributed by atoms with Gasteiger partial charge in [-0.1, -0.05) is 0 Å². The zero-order valence-electron chi connectivity index (χ0n) is 3.89. The molecule has 7 heavy (non-hydrogen) atoms. The zero-order chi connectivity index (χ0) is 5.11. The molecule has 1 unspecified atom stereocenters. The molecule has 0 fully saturated rings. The van der Waals surface area contributed by atoms with Crippen LogP contribution in [0, 0.1) is 6.54 Å². The minimum absolute atomic E-state index is 0.256. The van der Waals surface area contributed by atoms with E-state index in [1.165, 1.54) is 0 Å². The number of rotatable bonds is 0. The summed E-state index contributed by atoms with van der Waals surface area (Å²) in [6, 6.07) is 0. The Kier molecular flexibility index (Phi) is 1.38. The number of nitrogens with zero attached hydrogens (tertiary/aromatic N) is 1. The summed E-state index contributed by atoms with van der Waals surface area (Å²) in [7, 11) is 0. The molecule has 3 nitrogen and oxygen atoms in total. The highest BCUT2D eigenvalue weighted by molar-refractivity contribution is 5.59. The minimum Gasteiger partial charge on any atom is -0.297 e. The molecule has 2 radical (unpaired) electrons. The van der Waals surface area contributed by atoms with Gasteiger partial charge in [-0.25, -0.2) is 0 Å². The van der Waals surface area contributed by atoms with Gasteiger partial charge in [-0.2, -0.15) is 0 Å². The van der Waals surface area contributed by atoms with E-state index in [1.54, 1.807) is 6.21 Å². The summed E-state index contributed by atoms with van der Waals surface area (Å²) in [5, 5.41) is 2.71. The molecule has 0 saturated carbocycles. The highest BCUT2D eigenvalue weighted by Gasteiger charge is 1.99. The molecule has 38 valence electrons. The molecule has 3 heteroatoms. The van der Waals surface area contributed by atoms with Crippen LogP contribution in [0.25, 0.3) is 0 Å². The van der Waals surface area contributed by atoms with Crippen LogP contribution in [0.3, 0.4) is 0 Å². The number of aliphatic imine (C=N–C) groups is 1.